The van der Waals surface area contributed by atoms with Crippen LogP contribution in [0.4, 0.5) is 0 Å². The number of hydrogen-bond acceptors (Lipinski definition) is 3. The molecule has 0 rings (SSSR count). The van der Waals surface area contributed by atoms with E-state index in [-0.39, 0.29) is 6.29 Å². The van der Waals surface area contributed by atoms with Crippen molar-refractivity contribution in [2.24, 2.45) is 0 Å². The molecule has 0 fully saturated rings. The highest BCUT2D eigenvalue weighted by molar-refractivity contribution is 4.69. The first-order chi connectivity index (χ1) is 6.35. The zero-order valence-corrected chi connectivity index (χ0v) is 8.58. The predicted octanol–water partition coefficient (Wildman–Crippen LogP) is 2.47. The molecule has 0 unspecified atom stereocenters. The lowest BCUT2D eigenvalue weighted by molar-refractivity contribution is -0.144. The Morgan fingerprint density at radius 3 is 2.08 bits per heavy atom. The Kier molecular flexibility index (Phi) is 9.07. The van der Waals surface area contributed by atoms with Crippen LogP contribution in [0.1, 0.15) is 39.5 Å². The molecule has 0 aliphatic heterocycles. The van der Waals surface area contributed by atoms with Crippen molar-refractivity contribution < 1.29 is 9.47 Å². The summed E-state index contributed by atoms with van der Waals surface area (Å²) < 4.78 is 10.8. The maximum atomic E-state index is 8.40. The van der Waals surface area contributed by atoms with Gasteiger partial charge in [0.2, 0.25) is 0 Å². The van der Waals surface area contributed by atoms with Crippen LogP contribution in [0, 0.1) is 11.3 Å². The van der Waals surface area contributed by atoms with Crippen molar-refractivity contribution in [2.45, 2.75) is 45.8 Å². The molecule has 0 heterocycles. The van der Waals surface area contributed by atoms with Crippen molar-refractivity contribution in [3.63, 3.8) is 0 Å². The van der Waals surface area contributed by atoms with Crippen LogP contribution in [0.3, 0.4) is 0 Å². The third kappa shape index (κ3) is 7.76. The Labute approximate surface area is 80.6 Å². The van der Waals surface area contributed by atoms with E-state index in [0.717, 1.165) is 12.8 Å². The third-order valence-electron chi connectivity index (χ3n) is 1.51. The second kappa shape index (κ2) is 9.50. The molecule has 0 saturated heterocycles. The van der Waals surface area contributed by atoms with Gasteiger partial charge in [-0.1, -0.05) is 13.8 Å². The van der Waals surface area contributed by atoms with Gasteiger partial charge in [0.1, 0.15) is 0 Å². The second-order valence-electron chi connectivity index (χ2n) is 2.87. The number of rotatable bonds is 8. The van der Waals surface area contributed by atoms with Gasteiger partial charge in [0.15, 0.2) is 6.29 Å². The topological polar surface area (TPSA) is 42.2 Å². The monoisotopic (exact) mass is 185 g/mol. The van der Waals surface area contributed by atoms with Crippen LogP contribution in [0.15, 0.2) is 0 Å². The summed E-state index contributed by atoms with van der Waals surface area (Å²) >= 11 is 0. The lowest BCUT2D eigenvalue weighted by Crippen LogP contribution is -2.18. The summed E-state index contributed by atoms with van der Waals surface area (Å²) in [4.78, 5) is 0. The third-order valence-corrected chi connectivity index (χ3v) is 1.51. The van der Waals surface area contributed by atoms with Crippen molar-refractivity contribution in [3.8, 4) is 6.07 Å². The molecule has 3 nitrogen and oxygen atoms in total. The highest BCUT2D eigenvalue weighted by atomic mass is 16.7. The molecular formula is C10H19NO2. The maximum absolute atomic E-state index is 8.40. The van der Waals surface area contributed by atoms with Crippen LogP contribution in [0.2, 0.25) is 0 Å². The highest BCUT2D eigenvalue weighted by Crippen LogP contribution is 2.05. The molecule has 0 N–H and O–H groups in total. The standard InChI is InChI=1S/C10H19NO2/c1-3-8-12-10(6-5-7-11)13-9-4-2/h10H,3-6,8-9H2,1-2H3. The van der Waals surface area contributed by atoms with Crippen molar-refractivity contribution >= 4 is 0 Å². The fraction of sp³-hybridized carbons (Fsp3) is 0.900. The number of ether oxygens (including phenoxy) is 2. The summed E-state index contributed by atoms with van der Waals surface area (Å²) in [7, 11) is 0. The minimum absolute atomic E-state index is 0.181. The lowest BCUT2D eigenvalue weighted by Gasteiger charge is -2.16. The smallest absolute Gasteiger partial charge is 0.158 e. The van der Waals surface area contributed by atoms with Crippen LogP contribution < -0.4 is 0 Å². The summed E-state index contributed by atoms with van der Waals surface area (Å²) in [6.45, 7) is 5.53. The van der Waals surface area contributed by atoms with Gasteiger partial charge >= 0.3 is 0 Å². The summed E-state index contributed by atoms with van der Waals surface area (Å²) in [6, 6.07) is 2.09. The first-order valence-electron chi connectivity index (χ1n) is 4.95. The summed E-state index contributed by atoms with van der Waals surface area (Å²) in [6.07, 6.45) is 2.96. The molecule has 13 heavy (non-hydrogen) atoms. The average Bonchev–Trinajstić information content (AvgIpc) is 2.17. The molecule has 0 spiro atoms. The largest absolute Gasteiger partial charge is 0.353 e. The van der Waals surface area contributed by atoms with Gasteiger partial charge in [-0.3, -0.25) is 0 Å². The Morgan fingerprint density at radius 2 is 1.69 bits per heavy atom. The molecule has 0 aliphatic carbocycles. The van der Waals surface area contributed by atoms with Crippen LogP contribution in [0.5, 0.6) is 0 Å². The van der Waals surface area contributed by atoms with Gasteiger partial charge in [0, 0.05) is 26.1 Å². The maximum Gasteiger partial charge on any atom is 0.158 e. The van der Waals surface area contributed by atoms with E-state index in [1.54, 1.807) is 0 Å². The minimum atomic E-state index is -0.181. The molecule has 0 atom stereocenters. The molecule has 0 aromatic rings. The van der Waals surface area contributed by atoms with E-state index in [1.165, 1.54) is 0 Å². The van der Waals surface area contributed by atoms with Crippen LogP contribution in [-0.4, -0.2) is 19.5 Å². The molecule has 76 valence electrons. The van der Waals surface area contributed by atoms with Crippen LogP contribution in [-0.2, 0) is 9.47 Å². The first-order valence-corrected chi connectivity index (χ1v) is 4.95. The zero-order chi connectivity index (χ0) is 9.94. The molecule has 0 radical (unpaired) electrons. The summed E-state index contributed by atoms with van der Waals surface area (Å²) in [5.74, 6) is 0. The van der Waals surface area contributed by atoms with Gasteiger partial charge in [0.05, 0.1) is 6.07 Å². The molecule has 0 aliphatic rings. The van der Waals surface area contributed by atoms with Crippen molar-refractivity contribution in [2.75, 3.05) is 13.2 Å². The highest BCUT2D eigenvalue weighted by Gasteiger charge is 2.07. The van der Waals surface area contributed by atoms with E-state index in [4.69, 9.17) is 14.7 Å². The quantitative estimate of drug-likeness (QED) is 0.545. The van der Waals surface area contributed by atoms with E-state index in [2.05, 4.69) is 19.9 Å². The molecule has 0 saturated carbocycles. The summed E-state index contributed by atoms with van der Waals surface area (Å²) in [5.41, 5.74) is 0. The molecule has 0 aromatic carbocycles. The normalized spacial score (nSPS) is 10.3. The van der Waals surface area contributed by atoms with Gasteiger partial charge in [0.25, 0.3) is 0 Å². The van der Waals surface area contributed by atoms with Gasteiger partial charge in [-0.15, -0.1) is 0 Å². The first kappa shape index (κ1) is 12.4. The number of nitriles is 1. The Morgan fingerprint density at radius 1 is 1.15 bits per heavy atom. The second-order valence-corrected chi connectivity index (χ2v) is 2.87. The predicted molar refractivity (Wildman–Crippen MR) is 51.1 cm³/mol. The van der Waals surface area contributed by atoms with Gasteiger partial charge in [-0.2, -0.15) is 5.26 Å². The van der Waals surface area contributed by atoms with Crippen LogP contribution >= 0.6 is 0 Å². The molecule has 3 heteroatoms. The number of nitrogens with zero attached hydrogens (tertiary/aromatic N) is 1. The van der Waals surface area contributed by atoms with Crippen molar-refractivity contribution in [1.29, 1.82) is 5.26 Å². The van der Waals surface area contributed by atoms with E-state index < -0.39 is 0 Å². The Balaban J connectivity index is 3.54. The van der Waals surface area contributed by atoms with Crippen molar-refractivity contribution in [1.82, 2.24) is 0 Å². The van der Waals surface area contributed by atoms with Gasteiger partial charge in [-0.05, 0) is 12.8 Å². The van der Waals surface area contributed by atoms with Gasteiger partial charge < -0.3 is 9.47 Å². The van der Waals surface area contributed by atoms with Crippen LogP contribution in [0.25, 0.3) is 0 Å². The lowest BCUT2D eigenvalue weighted by atomic mass is 10.3. The SMILES string of the molecule is CCCOC(CCC#N)OCCC. The van der Waals surface area contributed by atoms with E-state index in [1.807, 2.05) is 0 Å². The van der Waals surface area contributed by atoms with E-state index in [9.17, 15) is 0 Å². The summed E-state index contributed by atoms with van der Waals surface area (Å²) in [5, 5.41) is 8.40. The van der Waals surface area contributed by atoms with E-state index >= 15 is 0 Å². The molecular weight excluding hydrogens is 166 g/mol. The Hall–Kier alpha value is -0.590. The minimum Gasteiger partial charge on any atom is -0.353 e. The molecule has 0 aromatic heterocycles. The van der Waals surface area contributed by atoms with E-state index in [0.29, 0.717) is 26.1 Å². The average molecular weight is 185 g/mol. The van der Waals surface area contributed by atoms with Gasteiger partial charge in [-0.25, -0.2) is 0 Å². The fourth-order valence-corrected chi connectivity index (χ4v) is 0.896. The van der Waals surface area contributed by atoms with Crippen molar-refractivity contribution in [3.05, 3.63) is 0 Å². The fourth-order valence-electron chi connectivity index (χ4n) is 0.896. The number of hydrogen-bond donors (Lipinski definition) is 0. The molecule has 0 amide bonds. The zero-order valence-electron chi connectivity index (χ0n) is 8.58. The molecule has 0 bridgehead atoms. The Bertz CT molecular complexity index is 134.